The lowest BCUT2D eigenvalue weighted by Gasteiger charge is -2.46. The van der Waals surface area contributed by atoms with Gasteiger partial charge in [-0.05, 0) is 13.5 Å². The number of hydrogen-bond acceptors (Lipinski definition) is 16. The Morgan fingerprint density at radius 2 is 1.61 bits per heavy atom. The maximum absolute atomic E-state index is 10.7. The lowest BCUT2D eigenvalue weighted by molar-refractivity contribution is -0.439. The van der Waals surface area contributed by atoms with Gasteiger partial charge in [0.15, 0.2) is 12.4 Å². The molecule has 16 nitrogen and oxygen atoms in total. The summed E-state index contributed by atoms with van der Waals surface area (Å²) in [4.78, 5) is 0. The van der Waals surface area contributed by atoms with Crippen molar-refractivity contribution in [1.29, 1.82) is 0 Å². The van der Waals surface area contributed by atoms with Crippen molar-refractivity contribution in [1.82, 2.24) is 5.32 Å². The molecule has 0 aromatic heterocycles. The van der Waals surface area contributed by atoms with Gasteiger partial charge in [0.05, 0.1) is 31.5 Å². The summed E-state index contributed by atoms with van der Waals surface area (Å²) < 4.78 is 28.7. The van der Waals surface area contributed by atoms with E-state index in [0.717, 1.165) is 0 Å². The average Bonchev–Trinajstić information content (AvgIpc) is 3.27. The third-order valence-corrected chi connectivity index (χ3v) is 7.42. The van der Waals surface area contributed by atoms with Crippen LogP contribution in [0.3, 0.4) is 0 Å². The van der Waals surface area contributed by atoms with Gasteiger partial charge in [0, 0.05) is 12.1 Å². The molecule has 13 N–H and O–H groups in total. The highest BCUT2D eigenvalue weighted by Gasteiger charge is 2.67. The molecule has 1 aliphatic carbocycles. The van der Waals surface area contributed by atoms with Gasteiger partial charge < -0.3 is 81.3 Å². The molecule has 4 fully saturated rings. The molecule has 0 bridgehead atoms. The van der Waals surface area contributed by atoms with Crippen LogP contribution in [0.4, 0.5) is 0 Å². The van der Waals surface area contributed by atoms with E-state index in [2.05, 4.69) is 5.32 Å². The van der Waals surface area contributed by atoms with Crippen LogP contribution >= 0.6 is 0 Å². The fraction of sp³-hybridized carbons (Fsp3) is 1.00. The Morgan fingerprint density at radius 3 is 2.22 bits per heavy atom. The van der Waals surface area contributed by atoms with Crippen molar-refractivity contribution in [2.24, 2.45) is 11.5 Å². The fourth-order valence-corrected chi connectivity index (χ4v) is 5.23. The largest absolute Gasteiger partial charge is 0.395 e. The predicted molar refractivity (Wildman–Crippen MR) is 115 cm³/mol. The molecule has 210 valence electrons. The van der Waals surface area contributed by atoms with Crippen molar-refractivity contribution in [3.63, 3.8) is 0 Å². The zero-order chi connectivity index (χ0) is 26.5. The third kappa shape index (κ3) is 4.68. The SMILES string of the molecule is CN[C@H]1C[C@@H](N)[C@H](O)[C@@H](O[C@@H]2O[C@H](CO)[C@H](O)[C@@H]3O[C@@]4(O[C@H]23)O[C@H]([C@H](N)CO)[C@H](O)[C@H](O)[C@H]4O)[C@@H]1O. The van der Waals surface area contributed by atoms with Crippen molar-refractivity contribution >= 4 is 0 Å². The van der Waals surface area contributed by atoms with Crippen LogP contribution in [0.2, 0.25) is 0 Å². The highest BCUT2D eigenvalue weighted by molar-refractivity contribution is 5.05. The minimum absolute atomic E-state index is 0.254. The molecule has 36 heavy (non-hydrogen) atoms. The third-order valence-electron chi connectivity index (χ3n) is 7.42. The summed E-state index contributed by atoms with van der Waals surface area (Å²) in [5.41, 5.74) is 11.8. The minimum Gasteiger partial charge on any atom is -0.395 e. The van der Waals surface area contributed by atoms with Gasteiger partial charge in [0.1, 0.15) is 48.8 Å². The molecule has 16 heteroatoms. The van der Waals surface area contributed by atoms with E-state index in [0.29, 0.717) is 0 Å². The molecule has 0 unspecified atom stereocenters. The molecule has 0 radical (unpaired) electrons. The zero-order valence-electron chi connectivity index (χ0n) is 19.6. The van der Waals surface area contributed by atoms with Crippen LogP contribution < -0.4 is 16.8 Å². The van der Waals surface area contributed by atoms with Gasteiger partial charge in [-0.15, -0.1) is 0 Å². The van der Waals surface area contributed by atoms with Crippen molar-refractivity contribution in [2.75, 3.05) is 20.3 Å². The monoisotopic (exact) mass is 527 g/mol. The van der Waals surface area contributed by atoms with Crippen LogP contribution in [0.1, 0.15) is 6.42 Å². The number of nitrogens with two attached hydrogens (primary N) is 2. The Hall–Kier alpha value is -0.640. The van der Waals surface area contributed by atoms with Gasteiger partial charge in [-0.3, -0.25) is 0 Å². The Balaban J connectivity index is 1.62. The molecule has 3 saturated heterocycles. The van der Waals surface area contributed by atoms with Crippen LogP contribution in [0.15, 0.2) is 0 Å². The van der Waals surface area contributed by atoms with Crippen molar-refractivity contribution in [3.8, 4) is 0 Å². The molecule has 16 atom stereocenters. The minimum atomic E-state index is -2.48. The number of hydrogen-bond donors (Lipinski definition) is 11. The van der Waals surface area contributed by atoms with Crippen LogP contribution in [-0.4, -0.2) is 159 Å². The molecule has 3 heterocycles. The van der Waals surface area contributed by atoms with Gasteiger partial charge in [-0.25, -0.2) is 0 Å². The van der Waals surface area contributed by atoms with E-state index < -0.39 is 111 Å². The Bertz CT molecular complexity index is 756. The van der Waals surface area contributed by atoms with Gasteiger partial charge in [-0.2, -0.15) is 0 Å². The van der Waals surface area contributed by atoms with Crippen LogP contribution in [0.5, 0.6) is 0 Å². The number of nitrogens with one attached hydrogen (secondary N) is 1. The van der Waals surface area contributed by atoms with Gasteiger partial charge in [-0.1, -0.05) is 0 Å². The number of rotatable bonds is 6. The quantitative estimate of drug-likeness (QED) is 0.153. The standard InChI is InChI=1S/C20H37N3O13/c1-23-7-2-5(21)9(26)15(10(7)27)33-19-17-16(11(28)8(4-25)32-19)35-20(36-17)18(31)13(30)12(29)14(34-20)6(22)3-24/h5-19,23-31H,2-4,21-22H2,1H3/t5-,6-,7+,8-,9+,10-,11+,12-,13+,14-,15-,16+,17+,18-,19+,20+/m1/s1. The summed E-state index contributed by atoms with van der Waals surface area (Å²) >= 11 is 0. The van der Waals surface area contributed by atoms with E-state index in [9.17, 15) is 40.9 Å². The molecule has 3 aliphatic heterocycles. The van der Waals surface area contributed by atoms with E-state index >= 15 is 0 Å². The first kappa shape index (κ1) is 28.4. The highest BCUT2D eigenvalue weighted by Crippen LogP contribution is 2.45. The lowest BCUT2D eigenvalue weighted by Crippen LogP contribution is -2.69. The summed E-state index contributed by atoms with van der Waals surface area (Å²) in [6.45, 7) is -1.33. The lowest BCUT2D eigenvalue weighted by atomic mass is 9.84. The normalized spacial score (nSPS) is 54.4. The average molecular weight is 528 g/mol. The summed E-state index contributed by atoms with van der Waals surface area (Å²) in [5, 5.41) is 85.6. The maximum Gasteiger partial charge on any atom is 0.314 e. The maximum atomic E-state index is 10.7. The zero-order valence-corrected chi connectivity index (χ0v) is 19.6. The van der Waals surface area contributed by atoms with E-state index in [1.807, 2.05) is 0 Å². The molecular weight excluding hydrogens is 490 g/mol. The van der Waals surface area contributed by atoms with Crippen LogP contribution in [-0.2, 0) is 23.7 Å². The summed E-state index contributed by atoms with van der Waals surface area (Å²) in [6, 6.07) is -2.50. The molecule has 1 spiro atoms. The first-order valence-corrected chi connectivity index (χ1v) is 11.8. The first-order valence-electron chi connectivity index (χ1n) is 11.8. The smallest absolute Gasteiger partial charge is 0.314 e. The van der Waals surface area contributed by atoms with Gasteiger partial charge in [0.25, 0.3) is 0 Å². The van der Waals surface area contributed by atoms with Crippen molar-refractivity contribution in [3.05, 3.63) is 0 Å². The number of aliphatic hydroxyl groups is 8. The summed E-state index contributed by atoms with van der Waals surface area (Å²) in [6.07, 6.45) is -17.7. The Kier molecular flexibility index (Phi) is 8.55. The molecule has 4 rings (SSSR count). The molecule has 1 saturated carbocycles. The first-order chi connectivity index (χ1) is 17.0. The van der Waals surface area contributed by atoms with E-state index in [1.54, 1.807) is 7.05 Å². The van der Waals surface area contributed by atoms with Crippen molar-refractivity contribution in [2.45, 2.75) is 104 Å². The van der Waals surface area contributed by atoms with E-state index in [4.69, 9.17) is 35.2 Å². The van der Waals surface area contributed by atoms with E-state index in [-0.39, 0.29) is 6.42 Å². The number of aliphatic hydroxyl groups excluding tert-OH is 8. The van der Waals surface area contributed by atoms with Gasteiger partial charge in [0.2, 0.25) is 0 Å². The number of fused-ring (bicyclic) bond motifs is 1. The Labute approximate surface area is 206 Å². The van der Waals surface area contributed by atoms with Crippen molar-refractivity contribution < 1.29 is 64.5 Å². The van der Waals surface area contributed by atoms with Crippen LogP contribution in [0.25, 0.3) is 0 Å². The molecule has 4 aliphatic rings. The number of likely N-dealkylation sites (N-methyl/N-ethyl adjacent to an activating group) is 1. The predicted octanol–water partition coefficient (Wildman–Crippen LogP) is -7.27. The van der Waals surface area contributed by atoms with Gasteiger partial charge >= 0.3 is 5.97 Å². The summed E-state index contributed by atoms with van der Waals surface area (Å²) in [7, 11) is 1.60. The second-order valence-electron chi connectivity index (χ2n) is 9.72. The number of ether oxygens (including phenoxy) is 5. The molecule has 0 aromatic rings. The Morgan fingerprint density at radius 1 is 0.944 bits per heavy atom. The second kappa shape index (κ2) is 10.9. The fourth-order valence-electron chi connectivity index (χ4n) is 5.23. The molecular formula is C20H37N3O13. The summed E-state index contributed by atoms with van der Waals surface area (Å²) in [5.74, 6) is -2.48. The highest BCUT2D eigenvalue weighted by atomic mass is 16.9. The topological polar surface area (TPSA) is 272 Å². The molecule has 0 amide bonds. The van der Waals surface area contributed by atoms with E-state index in [1.165, 1.54) is 0 Å². The second-order valence-corrected chi connectivity index (χ2v) is 9.72. The molecule has 0 aromatic carbocycles. The van der Waals surface area contributed by atoms with Crippen LogP contribution in [0, 0.1) is 0 Å².